The number of aliphatic hydroxyl groups is 3. The number of hydrogen-bond acceptors (Lipinski definition) is 7. The summed E-state index contributed by atoms with van der Waals surface area (Å²) in [6, 6.07) is -0.473. The van der Waals surface area contributed by atoms with Crippen LogP contribution >= 0.6 is 11.8 Å². The average molecular weight is 276 g/mol. The van der Waals surface area contributed by atoms with Gasteiger partial charge in [0.2, 0.25) is 0 Å². The summed E-state index contributed by atoms with van der Waals surface area (Å²) in [6.45, 7) is 4.40. The smallest absolute Gasteiger partial charge is 0.159 e. The van der Waals surface area contributed by atoms with Crippen molar-refractivity contribution in [2.75, 3.05) is 6.54 Å². The number of aliphatic imine (C=N–C) groups is 1. The van der Waals surface area contributed by atoms with E-state index in [4.69, 9.17) is 4.74 Å². The molecule has 7 heteroatoms. The third-order valence-electron chi connectivity index (χ3n) is 3.10. The Kier molecular flexibility index (Phi) is 4.50. The largest absolute Gasteiger partial charge is 0.391 e. The molecule has 0 unspecified atom stereocenters. The zero-order valence-electron chi connectivity index (χ0n) is 10.5. The van der Waals surface area contributed by atoms with E-state index in [-0.39, 0.29) is 5.44 Å². The van der Waals surface area contributed by atoms with Crippen LogP contribution in [0.2, 0.25) is 0 Å². The molecule has 1 fully saturated rings. The molecule has 2 rings (SSSR count). The van der Waals surface area contributed by atoms with Crippen LogP contribution in [0.4, 0.5) is 0 Å². The topological polar surface area (TPSA) is 94.3 Å². The number of fused-ring (bicyclic) bond motifs is 1. The van der Waals surface area contributed by atoms with E-state index in [0.717, 1.165) is 18.1 Å². The predicted molar refractivity (Wildman–Crippen MR) is 69.5 cm³/mol. The summed E-state index contributed by atoms with van der Waals surface area (Å²) >= 11 is 1.40. The molecule has 0 aromatic carbocycles. The maximum absolute atomic E-state index is 10.0. The summed E-state index contributed by atoms with van der Waals surface area (Å²) in [5.41, 5.74) is -0.345. The van der Waals surface area contributed by atoms with Gasteiger partial charge < -0.3 is 25.4 Å². The highest BCUT2D eigenvalue weighted by Crippen LogP contribution is 2.36. The molecule has 0 spiro atoms. The number of hydrogen-bond donors (Lipinski definition) is 4. The van der Waals surface area contributed by atoms with E-state index in [1.54, 1.807) is 0 Å². The third-order valence-corrected chi connectivity index (χ3v) is 4.20. The van der Waals surface area contributed by atoms with Crippen LogP contribution in [0.5, 0.6) is 0 Å². The molecule has 104 valence electrons. The first-order valence-corrected chi connectivity index (χ1v) is 7.10. The summed E-state index contributed by atoms with van der Waals surface area (Å²) in [6.07, 6.45) is -2.73. The molecule has 2 aliphatic heterocycles. The van der Waals surface area contributed by atoms with E-state index in [9.17, 15) is 15.3 Å². The van der Waals surface area contributed by atoms with Gasteiger partial charge in [0.05, 0.1) is 6.10 Å². The third kappa shape index (κ3) is 2.65. The number of ether oxygens (including phenoxy) is 1. The van der Waals surface area contributed by atoms with E-state index in [1.165, 1.54) is 18.7 Å². The van der Waals surface area contributed by atoms with E-state index in [1.807, 2.05) is 0 Å². The lowest BCUT2D eigenvalue weighted by Crippen LogP contribution is -2.57. The number of nitrogens with one attached hydrogen (secondary N) is 1. The predicted octanol–water partition coefficient (Wildman–Crippen LogP) is -0.715. The van der Waals surface area contributed by atoms with Crippen molar-refractivity contribution in [3.63, 3.8) is 0 Å². The Morgan fingerprint density at radius 3 is 2.78 bits per heavy atom. The number of amidine groups is 1. The number of nitrogens with zero attached hydrogens (tertiary/aromatic N) is 1. The van der Waals surface area contributed by atoms with Gasteiger partial charge in [-0.05, 0) is 13.3 Å². The molecule has 2 heterocycles. The Morgan fingerprint density at radius 2 is 2.17 bits per heavy atom. The highest BCUT2D eigenvalue weighted by atomic mass is 32.2. The van der Waals surface area contributed by atoms with Crippen LogP contribution in [-0.2, 0) is 4.74 Å². The zero-order valence-corrected chi connectivity index (χ0v) is 11.3. The van der Waals surface area contributed by atoms with Crippen LogP contribution in [0.3, 0.4) is 0 Å². The van der Waals surface area contributed by atoms with Gasteiger partial charge in [0.1, 0.15) is 29.8 Å². The van der Waals surface area contributed by atoms with Gasteiger partial charge in [0.25, 0.3) is 0 Å². The first-order valence-electron chi connectivity index (χ1n) is 6.22. The highest BCUT2D eigenvalue weighted by Gasteiger charge is 2.49. The molecule has 1 saturated heterocycles. The first kappa shape index (κ1) is 14.1. The lowest BCUT2D eigenvalue weighted by molar-refractivity contribution is -0.181. The minimum atomic E-state index is -1.11. The number of thioether (sulfide) groups is 1. The highest BCUT2D eigenvalue weighted by molar-refractivity contribution is 8.14. The summed E-state index contributed by atoms with van der Waals surface area (Å²) in [4.78, 5) is 4.32. The van der Waals surface area contributed by atoms with Gasteiger partial charge in [-0.15, -0.1) is 0 Å². The summed E-state index contributed by atoms with van der Waals surface area (Å²) in [5, 5.41) is 33.3. The maximum Gasteiger partial charge on any atom is 0.159 e. The minimum absolute atomic E-state index is 0.345. The van der Waals surface area contributed by atoms with Crippen molar-refractivity contribution >= 4 is 16.9 Å². The lowest BCUT2D eigenvalue weighted by atomic mass is 9.95. The Morgan fingerprint density at radius 1 is 1.44 bits per heavy atom. The molecule has 0 saturated carbocycles. The normalized spacial score (nSPS) is 41.2. The Hall–Kier alpha value is -0.340. The average Bonchev–Trinajstić information content (AvgIpc) is 2.74. The Balaban J connectivity index is 2.04. The molecule has 0 aromatic rings. The second-order valence-electron chi connectivity index (χ2n) is 4.66. The fourth-order valence-electron chi connectivity index (χ4n) is 2.10. The van der Waals surface area contributed by atoms with Gasteiger partial charge in [-0.25, -0.2) is 0 Å². The molecule has 0 amide bonds. The van der Waals surface area contributed by atoms with Crippen LogP contribution in [0, 0.1) is 0 Å². The summed E-state index contributed by atoms with van der Waals surface area (Å²) in [7, 11) is 0. The van der Waals surface area contributed by atoms with E-state index in [2.05, 4.69) is 17.2 Å². The van der Waals surface area contributed by atoms with Crippen molar-refractivity contribution < 1.29 is 20.1 Å². The molecule has 0 radical (unpaired) electrons. The molecule has 0 aromatic heterocycles. The van der Waals surface area contributed by atoms with Crippen LogP contribution in [0.15, 0.2) is 4.99 Å². The first-order chi connectivity index (χ1) is 8.54. The monoisotopic (exact) mass is 276 g/mol. The Bertz CT molecular complexity index is 326. The second-order valence-corrected chi connectivity index (χ2v) is 5.75. The van der Waals surface area contributed by atoms with E-state index < -0.39 is 30.5 Å². The maximum atomic E-state index is 10.0. The molecule has 2 aliphatic rings. The van der Waals surface area contributed by atoms with Crippen molar-refractivity contribution in [2.45, 2.75) is 56.2 Å². The van der Waals surface area contributed by atoms with Crippen molar-refractivity contribution in [2.24, 2.45) is 4.99 Å². The van der Waals surface area contributed by atoms with Gasteiger partial charge >= 0.3 is 0 Å². The lowest BCUT2D eigenvalue weighted by Gasteiger charge is -2.39. The molecular formula is C11H20N2O4S. The van der Waals surface area contributed by atoms with Gasteiger partial charge in [0, 0.05) is 6.54 Å². The molecule has 0 bridgehead atoms. The van der Waals surface area contributed by atoms with Crippen molar-refractivity contribution in [3.8, 4) is 0 Å². The van der Waals surface area contributed by atoms with Gasteiger partial charge in [0.15, 0.2) is 5.17 Å². The van der Waals surface area contributed by atoms with Crippen LogP contribution in [0.25, 0.3) is 0 Å². The SMILES string of the molecule is CCCNC1=N[C@@H]2[C@@H](O)[C@H](O)[C@@H]([C@@H](C)O)O[C@@H]2S1. The zero-order chi connectivity index (χ0) is 13.3. The van der Waals surface area contributed by atoms with Gasteiger partial charge in [-0.3, -0.25) is 4.99 Å². The van der Waals surface area contributed by atoms with Gasteiger partial charge in [-0.1, -0.05) is 18.7 Å². The van der Waals surface area contributed by atoms with Crippen LogP contribution in [-0.4, -0.2) is 62.9 Å². The molecular weight excluding hydrogens is 256 g/mol. The van der Waals surface area contributed by atoms with Crippen molar-refractivity contribution in [1.29, 1.82) is 0 Å². The molecule has 6 atom stereocenters. The van der Waals surface area contributed by atoms with Crippen LogP contribution < -0.4 is 5.32 Å². The number of rotatable bonds is 3. The quantitative estimate of drug-likeness (QED) is 0.544. The second kappa shape index (κ2) is 5.75. The molecule has 18 heavy (non-hydrogen) atoms. The molecule has 6 nitrogen and oxygen atoms in total. The molecule has 4 N–H and O–H groups in total. The summed E-state index contributed by atoms with van der Waals surface area (Å²) < 4.78 is 5.61. The summed E-state index contributed by atoms with van der Waals surface area (Å²) in [5.74, 6) is 0. The van der Waals surface area contributed by atoms with E-state index >= 15 is 0 Å². The standard InChI is InChI=1S/C11H20N2O4S/c1-3-4-12-11-13-6-7(15)8(16)9(5(2)14)17-10(6)18-11/h5-10,14-16H,3-4H2,1-2H3,(H,12,13)/t5-,6-,7-,8+,9-,10-/m1/s1. The fraction of sp³-hybridized carbons (Fsp3) is 0.909. The Labute approximate surface area is 110 Å². The number of aliphatic hydroxyl groups excluding tert-OH is 3. The van der Waals surface area contributed by atoms with Gasteiger partial charge in [-0.2, -0.15) is 0 Å². The van der Waals surface area contributed by atoms with Crippen LogP contribution in [0.1, 0.15) is 20.3 Å². The fourth-order valence-corrected chi connectivity index (χ4v) is 3.24. The minimum Gasteiger partial charge on any atom is -0.391 e. The van der Waals surface area contributed by atoms with Crippen molar-refractivity contribution in [1.82, 2.24) is 5.32 Å². The van der Waals surface area contributed by atoms with Crippen molar-refractivity contribution in [3.05, 3.63) is 0 Å². The van der Waals surface area contributed by atoms with E-state index in [0.29, 0.717) is 0 Å². The molecule has 0 aliphatic carbocycles.